The normalized spacial score (nSPS) is 12.7. The highest BCUT2D eigenvalue weighted by molar-refractivity contribution is 5.71. The summed E-state index contributed by atoms with van der Waals surface area (Å²) in [6.07, 6.45) is 85.5. The fourth-order valence-corrected chi connectivity index (χ4v) is 9.01. The van der Waals surface area contributed by atoms with E-state index in [-0.39, 0.29) is 31.1 Å². The van der Waals surface area contributed by atoms with Crippen molar-refractivity contribution in [3.63, 3.8) is 0 Å². The monoisotopic (exact) mass is 1060 g/mol. The van der Waals surface area contributed by atoms with Crippen molar-refractivity contribution in [2.75, 3.05) is 13.2 Å². The first-order valence-electron chi connectivity index (χ1n) is 32.2. The van der Waals surface area contributed by atoms with Gasteiger partial charge in [-0.15, -0.1) is 0 Å². The molecule has 0 aliphatic heterocycles. The van der Waals surface area contributed by atoms with Crippen LogP contribution >= 0.6 is 0 Å². The summed E-state index contributed by atoms with van der Waals surface area (Å²) < 4.78 is 16.9. The quantitative estimate of drug-likeness (QED) is 0.0261. The van der Waals surface area contributed by atoms with Crippen molar-refractivity contribution in [3.05, 3.63) is 97.2 Å². The summed E-state index contributed by atoms with van der Waals surface area (Å²) in [6, 6.07) is 0. The van der Waals surface area contributed by atoms with E-state index in [1.54, 1.807) is 0 Å². The molecule has 0 rings (SSSR count). The van der Waals surface area contributed by atoms with Gasteiger partial charge in [-0.25, -0.2) is 0 Å². The third-order valence-electron chi connectivity index (χ3n) is 13.8. The third kappa shape index (κ3) is 61.2. The first-order chi connectivity index (χ1) is 37.5. The van der Waals surface area contributed by atoms with E-state index in [4.69, 9.17) is 14.2 Å². The van der Waals surface area contributed by atoms with Gasteiger partial charge in [0.05, 0.1) is 0 Å². The van der Waals surface area contributed by atoms with E-state index < -0.39 is 6.10 Å². The maximum Gasteiger partial charge on any atom is 0.306 e. The average Bonchev–Trinajstić information content (AvgIpc) is 3.42. The van der Waals surface area contributed by atoms with Crippen molar-refractivity contribution >= 4 is 17.9 Å². The van der Waals surface area contributed by atoms with Crippen molar-refractivity contribution < 1.29 is 28.6 Å². The Balaban J connectivity index is 4.37. The van der Waals surface area contributed by atoms with E-state index in [1.807, 2.05) is 0 Å². The Hall–Kier alpha value is -3.67. The second-order valence-corrected chi connectivity index (χ2v) is 21.3. The summed E-state index contributed by atoms with van der Waals surface area (Å²) in [7, 11) is 0. The third-order valence-corrected chi connectivity index (χ3v) is 13.8. The summed E-state index contributed by atoms with van der Waals surface area (Å²) in [4.78, 5) is 38.3. The molecule has 0 radical (unpaired) electrons. The molecule has 436 valence electrons. The Morgan fingerprint density at radius 1 is 0.276 bits per heavy atom. The molecule has 0 aromatic carbocycles. The molecule has 0 amide bonds. The molecule has 0 aromatic rings. The molecule has 76 heavy (non-hydrogen) atoms. The van der Waals surface area contributed by atoms with Gasteiger partial charge in [-0.1, -0.05) is 285 Å². The fraction of sp³-hybridized carbons (Fsp3) is 0.729. The molecule has 0 heterocycles. The maximum absolute atomic E-state index is 12.9. The number of unbranched alkanes of at least 4 members (excludes halogenated alkanes) is 31. The van der Waals surface area contributed by atoms with Crippen molar-refractivity contribution in [1.29, 1.82) is 0 Å². The largest absolute Gasteiger partial charge is 0.462 e. The number of hydrogen-bond donors (Lipinski definition) is 0. The second-order valence-electron chi connectivity index (χ2n) is 21.3. The molecule has 6 heteroatoms. The lowest BCUT2D eigenvalue weighted by Crippen LogP contribution is -2.30. The van der Waals surface area contributed by atoms with E-state index in [0.717, 1.165) is 122 Å². The van der Waals surface area contributed by atoms with Gasteiger partial charge in [0.15, 0.2) is 6.10 Å². The highest BCUT2D eigenvalue weighted by Gasteiger charge is 2.19. The molecule has 0 saturated carbocycles. The van der Waals surface area contributed by atoms with Gasteiger partial charge in [0.25, 0.3) is 0 Å². The zero-order chi connectivity index (χ0) is 55.0. The van der Waals surface area contributed by atoms with Crippen LogP contribution in [-0.4, -0.2) is 37.2 Å². The summed E-state index contributed by atoms with van der Waals surface area (Å²) in [5, 5.41) is 0. The Morgan fingerprint density at radius 3 is 0.816 bits per heavy atom. The number of carbonyl (C=O) groups is 3. The number of ether oxygens (including phenoxy) is 3. The summed E-state index contributed by atoms with van der Waals surface area (Å²) in [6.45, 7) is 6.53. The zero-order valence-electron chi connectivity index (χ0n) is 50.0. The first kappa shape index (κ1) is 72.3. The van der Waals surface area contributed by atoms with Crippen molar-refractivity contribution in [2.45, 2.75) is 316 Å². The fourth-order valence-electron chi connectivity index (χ4n) is 9.01. The van der Waals surface area contributed by atoms with Crippen molar-refractivity contribution in [1.82, 2.24) is 0 Å². The average molecular weight is 1060 g/mol. The van der Waals surface area contributed by atoms with Crippen LogP contribution in [0.25, 0.3) is 0 Å². The Bertz CT molecular complexity index is 1490. The van der Waals surface area contributed by atoms with E-state index >= 15 is 0 Å². The number of allylic oxidation sites excluding steroid dienone is 16. The summed E-state index contributed by atoms with van der Waals surface area (Å²) >= 11 is 0. The van der Waals surface area contributed by atoms with Gasteiger partial charge >= 0.3 is 17.9 Å². The van der Waals surface area contributed by atoms with Crippen LogP contribution in [0.2, 0.25) is 0 Å². The molecule has 0 spiro atoms. The van der Waals surface area contributed by atoms with E-state index in [1.165, 1.54) is 148 Å². The Labute approximate surface area is 470 Å². The molecule has 0 bridgehead atoms. The summed E-state index contributed by atoms with van der Waals surface area (Å²) in [5.74, 6) is -0.896. The number of esters is 3. The highest BCUT2D eigenvalue weighted by Crippen LogP contribution is 2.16. The topological polar surface area (TPSA) is 78.9 Å². The molecule has 0 aromatic heterocycles. The lowest BCUT2D eigenvalue weighted by atomic mass is 10.0. The second kappa shape index (κ2) is 63.9. The minimum atomic E-state index is -0.788. The molecule has 0 fully saturated rings. The van der Waals surface area contributed by atoms with Gasteiger partial charge in [0, 0.05) is 19.3 Å². The molecule has 0 N–H and O–H groups in total. The molecule has 0 saturated heterocycles. The predicted molar refractivity (Wildman–Crippen MR) is 330 cm³/mol. The Morgan fingerprint density at radius 2 is 0.513 bits per heavy atom. The SMILES string of the molecule is CC/C=C\C/C=C\C/C=C\C/C=C\C/C=C\C/C=C\C/C=C\CCCCCCCC(=O)OCC(COC(=O)CCCCCCCCCCCCCCCC)OC(=O)CCCCCCCCC/C=C\CCCCCCCC. The van der Waals surface area contributed by atoms with E-state index in [9.17, 15) is 14.4 Å². The van der Waals surface area contributed by atoms with Crippen LogP contribution in [0.15, 0.2) is 97.2 Å². The van der Waals surface area contributed by atoms with Gasteiger partial charge in [0.1, 0.15) is 13.2 Å². The standard InChI is InChI=1S/C70H120O6/c1-4-7-10-13-16-19-22-25-28-30-31-32-33-34-35-36-37-38-39-41-42-45-48-51-54-57-60-63-69(72)75-66-67(65-74-68(71)62-59-56-53-50-47-44-27-24-21-18-15-12-9-6-3)76-70(73)64-61-58-55-52-49-46-43-40-29-26-23-20-17-14-11-8-5-2/h7,10,16,19,25-26,28-29,31-32,34-35,37-38,41-42,67H,4-6,8-9,11-15,17-18,20-24,27,30,33,36,39-40,43-66H2,1-3H3/b10-7-,19-16-,28-25-,29-26-,32-31-,35-34-,38-37-,42-41-. The van der Waals surface area contributed by atoms with E-state index in [0.29, 0.717) is 19.3 Å². The smallest absolute Gasteiger partial charge is 0.306 e. The van der Waals surface area contributed by atoms with Gasteiger partial charge < -0.3 is 14.2 Å². The molecule has 1 atom stereocenters. The number of rotatable bonds is 58. The van der Waals surface area contributed by atoms with Gasteiger partial charge in [0.2, 0.25) is 0 Å². The number of hydrogen-bond acceptors (Lipinski definition) is 6. The molecule has 0 aliphatic rings. The molecular weight excluding hydrogens is 937 g/mol. The molecule has 1 unspecified atom stereocenters. The first-order valence-corrected chi connectivity index (χ1v) is 32.2. The highest BCUT2D eigenvalue weighted by atomic mass is 16.6. The predicted octanol–water partition coefficient (Wildman–Crippen LogP) is 22.0. The van der Waals surface area contributed by atoms with Crippen LogP contribution in [0.1, 0.15) is 310 Å². The Kier molecular flexibility index (Phi) is 60.8. The lowest BCUT2D eigenvalue weighted by Gasteiger charge is -2.18. The molecular formula is C70H120O6. The number of carbonyl (C=O) groups excluding carboxylic acids is 3. The van der Waals surface area contributed by atoms with Crippen molar-refractivity contribution in [3.8, 4) is 0 Å². The van der Waals surface area contributed by atoms with Crippen LogP contribution in [0, 0.1) is 0 Å². The van der Waals surface area contributed by atoms with Crippen LogP contribution in [0.3, 0.4) is 0 Å². The zero-order valence-corrected chi connectivity index (χ0v) is 50.0. The minimum Gasteiger partial charge on any atom is -0.462 e. The lowest BCUT2D eigenvalue weighted by molar-refractivity contribution is -0.167. The van der Waals surface area contributed by atoms with Gasteiger partial charge in [-0.2, -0.15) is 0 Å². The minimum absolute atomic E-state index is 0.0828. The van der Waals surface area contributed by atoms with Crippen LogP contribution < -0.4 is 0 Å². The van der Waals surface area contributed by atoms with Gasteiger partial charge in [-0.05, 0) is 103 Å². The van der Waals surface area contributed by atoms with Crippen molar-refractivity contribution in [2.24, 2.45) is 0 Å². The molecule has 6 nitrogen and oxygen atoms in total. The van der Waals surface area contributed by atoms with Gasteiger partial charge in [-0.3, -0.25) is 14.4 Å². The summed E-state index contributed by atoms with van der Waals surface area (Å²) in [5.41, 5.74) is 0. The van der Waals surface area contributed by atoms with E-state index in [2.05, 4.69) is 118 Å². The van der Waals surface area contributed by atoms with Crippen LogP contribution in [0.5, 0.6) is 0 Å². The maximum atomic E-state index is 12.9. The van der Waals surface area contributed by atoms with Crippen LogP contribution in [-0.2, 0) is 28.6 Å². The van der Waals surface area contributed by atoms with Crippen LogP contribution in [0.4, 0.5) is 0 Å². The molecule has 0 aliphatic carbocycles.